The Bertz CT molecular complexity index is 137. The highest BCUT2D eigenvalue weighted by Crippen LogP contribution is 2.14. The summed E-state index contributed by atoms with van der Waals surface area (Å²) in [5, 5.41) is 9.23. The number of ether oxygens (including phenoxy) is 1. The molecule has 0 spiro atoms. The van der Waals surface area contributed by atoms with Crippen molar-refractivity contribution in [2.45, 2.75) is 44.9 Å². The summed E-state index contributed by atoms with van der Waals surface area (Å²) in [6.45, 7) is 0.806. The van der Waals surface area contributed by atoms with E-state index in [0.717, 1.165) is 6.42 Å². The van der Waals surface area contributed by atoms with Crippen LogP contribution in [0.15, 0.2) is 0 Å². The van der Waals surface area contributed by atoms with Gasteiger partial charge < -0.3 is 9.84 Å². The van der Waals surface area contributed by atoms with Crippen LogP contribution in [0.3, 0.4) is 0 Å². The maximum absolute atomic E-state index is 11.6. The van der Waals surface area contributed by atoms with E-state index in [1.54, 1.807) is 0 Å². The van der Waals surface area contributed by atoms with E-state index < -0.39 is 18.9 Å². The summed E-state index contributed by atoms with van der Waals surface area (Å²) in [6.07, 6.45) is -2.11. The highest BCUT2D eigenvalue weighted by Gasteiger charge is 2.27. The Morgan fingerprint density at radius 1 is 1.29 bits per heavy atom. The Balaban J connectivity index is 3.21. The van der Waals surface area contributed by atoms with Crippen molar-refractivity contribution in [2.75, 3.05) is 13.2 Å². The third-order valence-corrected chi connectivity index (χ3v) is 1.71. The number of aliphatic hydroxyl groups excluding tert-OH is 1. The molecule has 1 atom stereocenters. The van der Waals surface area contributed by atoms with Crippen LogP contribution in [0.4, 0.5) is 13.2 Å². The van der Waals surface area contributed by atoms with Crippen LogP contribution in [0.25, 0.3) is 0 Å². The molecule has 0 rings (SSSR count). The maximum Gasteiger partial charge on any atom is 0.411 e. The SMILES string of the molecule is CCCC(O)CCCOCC(F)(F)F. The summed E-state index contributed by atoms with van der Waals surface area (Å²) in [6, 6.07) is 0. The van der Waals surface area contributed by atoms with Crippen molar-refractivity contribution in [3.8, 4) is 0 Å². The summed E-state index contributed by atoms with van der Waals surface area (Å²) < 4.78 is 39.2. The second-order valence-corrected chi connectivity index (χ2v) is 3.25. The van der Waals surface area contributed by atoms with E-state index >= 15 is 0 Å². The molecule has 0 aliphatic rings. The summed E-state index contributed by atoms with van der Waals surface area (Å²) in [7, 11) is 0. The normalized spacial score (nSPS) is 14.4. The molecule has 0 aromatic carbocycles. The smallest absolute Gasteiger partial charge is 0.393 e. The third kappa shape index (κ3) is 9.80. The van der Waals surface area contributed by atoms with E-state index in [-0.39, 0.29) is 6.61 Å². The first-order chi connectivity index (χ1) is 6.45. The van der Waals surface area contributed by atoms with Gasteiger partial charge in [-0.25, -0.2) is 0 Å². The fourth-order valence-corrected chi connectivity index (χ4v) is 1.09. The average molecular weight is 214 g/mol. The minimum absolute atomic E-state index is 0.0558. The summed E-state index contributed by atoms with van der Waals surface area (Å²) in [5.74, 6) is 0. The third-order valence-electron chi connectivity index (χ3n) is 1.71. The molecule has 0 aromatic rings. The Labute approximate surface area is 82.1 Å². The first-order valence-electron chi connectivity index (χ1n) is 4.78. The quantitative estimate of drug-likeness (QED) is 0.660. The Kier molecular flexibility index (Phi) is 6.92. The van der Waals surface area contributed by atoms with Gasteiger partial charge in [-0.15, -0.1) is 0 Å². The second-order valence-electron chi connectivity index (χ2n) is 3.25. The average Bonchev–Trinajstić information content (AvgIpc) is 2.02. The van der Waals surface area contributed by atoms with Crippen LogP contribution in [0.5, 0.6) is 0 Å². The molecule has 0 saturated carbocycles. The zero-order valence-corrected chi connectivity index (χ0v) is 8.31. The van der Waals surface area contributed by atoms with Gasteiger partial charge in [0.15, 0.2) is 0 Å². The molecule has 0 aliphatic heterocycles. The molecule has 5 heteroatoms. The molecular formula is C9H17F3O2. The molecule has 0 fully saturated rings. The molecule has 1 unspecified atom stereocenters. The van der Waals surface area contributed by atoms with Gasteiger partial charge in [-0.3, -0.25) is 0 Å². The van der Waals surface area contributed by atoms with Crippen LogP contribution in [-0.4, -0.2) is 30.6 Å². The van der Waals surface area contributed by atoms with E-state index in [1.807, 2.05) is 6.92 Å². The molecule has 0 aromatic heterocycles. The Hall–Kier alpha value is -0.290. The van der Waals surface area contributed by atoms with Crippen LogP contribution in [0.2, 0.25) is 0 Å². The Morgan fingerprint density at radius 2 is 1.93 bits per heavy atom. The largest absolute Gasteiger partial charge is 0.411 e. The van der Waals surface area contributed by atoms with Gasteiger partial charge in [0.1, 0.15) is 6.61 Å². The van der Waals surface area contributed by atoms with Crippen LogP contribution < -0.4 is 0 Å². The molecule has 1 N–H and O–H groups in total. The summed E-state index contributed by atoms with van der Waals surface area (Å²) >= 11 is 0. The van der Waals surface area contributed by atoms with Gasteiger partial charge in [-0.2, -0.15) is 13.2 Å². The fourth-order valence-electron chi connectivity index (χ4n) is 1.09. The molecule has 0 aliphatic carbocycles. The van der Waals surface area contributed by atoms with E-state index in [4.69, 9.17) is 0 Å². The lowest BCUT2D eigenvalue weighted by Crippen LogP contribution is -2.18. The fraction of sp³-hybridized carbons (Fsp3) is 1.00. The van der Waals surface area contributed by atoms with Crippen molar-refractivity contribution in [1.29, 1.82) is 0 Å². The molecule has 0 heterocycles. The zero-order valence-electron chi connectivity index (χ0n) is 8.31. The summed E-state index contributed by atoms with van der Waals surface area (Å²) in [5.41, 5.74) is 0. The summed E-state index contributed by atoms with van der Waals surface area (Å²) in [4.78, 5) is 0. The van der Waals surface area contributed by atoms with E-state index in [9.17, 15) is 18.3 Å². The van der Waals surface area contributed by atoms with Crippen molar-refractivity contribution in [3.63, 3.8) is 0 Å². The lowest BCUT2D eigenvalue weighted by molar-refractivity contribution is -0.174. The van der Waals surface area contributed by atoms with Gasteiger partial charge in [-0.05, 0) is 19.3 Å². The van der Waals surface area contributed by atoms with Crippen molar-refractivity contribution in [1.82, 2.24) is 0 Å². The van der Waals surface area contributed by atoms with E-state index in [0.29, 0.717) is 19.3 Å². The van der Waals surface area contributed by atoms with Gasteiger partial charge in [0, 0.05) is 6.61 Å². The minimum atomic E-state index is -4.25. The van der Waals surface area contributed by atoms with Gasteiger partial charge in [0.2, 0.25) is 0 Å². The zero-order chi connectivity index (χ0) is 11.0. The molecule has 2 nitrogen and oxygen atoms in total. The predicted octanol–water partition coefficient (Wildman–Crippen LogP) is 2.51. The molecule has 86 valence electrons. The number of halogens is 3. The monoisotopic (exact) mass is 214 g/mol. The molecule has 0 saturated heterocycles. The van der Waals surface area contributed by atoms with Crippen LogP contribution in [0, 0.1) is 0 Å². The van der Waals surface area contributed by atoms with Gasteiger partial charge in [0.05, 0.1) is 6.10 Å². The van der Waals surface area contributed by atoms with Crippen molar-refractivity contribution in [2.24, 2.45) is 0 Å². The highest BCUT2D eigenvalue weighted by atomic mass is 19.4. The van der Waals surface area contributed by atoms with Crippen molar-refractivity contribution in [3.05, 3.63) is 0 Å². The minimum Gasteiger partial charge on any atom is -0.393 e. The molecule has 0 radical (unpaired) electrons. The lowest BCUT2D eigenvalue weighted by Gasteiger charge is -2.10. The number of hydrogen-bond acceptors (Lipinski definition) is 2. The number of rotatable bonds is 7. The molecule has 0 bridgehead atoms. The van der Waals surface area contributed by atoms with E-state index in [2.05, 4.69) is 4.74 Å². The lowest BCUT2D eigenvalue weighted by atomic mass is 10.1. The highest BCUT2D eigenvalue weighted by molar-refractivity contribution is 4.54. The van der Waals surface area contributed by atoms with Gasteiger partial charge in [-0.1, -0.05) is 13.3 Å². The number of hydrogen-bond donors (Lipinski definition) is 1. The van der Waals surface area contributed by atoms with E-state index in [1.165, 1.54) is 0 Å². The van der Waals surface area contributed by atoms with Gasteiger partial charge >= 0.3 is 6.18 Å². The van der Waals surface area contributed by atoms with Crippen LogP contribution in [-0.2, 0) is 4.74 Å². The number of aliphatic hydroxyl groups is 1. The molecular weight excluding hydrogens is 197 g/mol. The number of alkyl halides is 3. The van der Waals surface area contributed by atoms with Crippen molar-refractivity contribution < 1.29 is 23.0 Å². The second kappa shape index (κ2) is 7.06. The first-order valence-corrected chi connectivity index (χ1v) is 4.78. The molecule has 0 amide bonds. The topological polar surface area (TPSA) is 29.5 Å². The first kappa shape index (κ1) is 13.7. The molecule has 14 heavy (non-hydrogen) atoms. The van der Waals surface area contributed by atoms with Crippen molar-refractivity contribution >= 4 is 0 Å². The standard InChI is InChI=1S/C9H17F3O2/c1-2-4-8(13)5-3-6-14-7-9(10,11)12/h8,13H,2-7H2,1H3. The van der Waals surface area contributed by atoms with Crippen LogP contribution >= 0.6 is 0 Å². The maximum atomic E-state index is 11.6. The Morgan fingerprint density at radius 3 is 2.43 bits per heavy atom. The van der Waals surface area contributed by atoms with Crippen LogP contribution in [0.1, 0.15) is 32.6 Å². The predicted molar refractivity (Wildman–Crippen MR) is 47.0 cm³/mol. The van der Waals surface area contributed by atoms with Gasteiger partial charge in [0.25, 0.3) is 0 Å².